The van der Waals surface area contributed by atoms with Crippen LogP contribution < -0.4 is 5.32 Å². The van der Waals surface area contributed by atoms with Crippen LogP contribution in [0.25, 0.3) is 0 Å². The van der Waals surface area contributed by atoms with Crippen molar-refractivity contribution >= 4 is 17.9 Å². The SMILES string of the molecule is O=C(O)NCC(=CF)CN1C(=O)c2ccccc2C1=O. The Balaban J connectivity index is 2.14. The average Bonchev–Trinajstić information content (AvgIpc) is 2.68. The molecule has 104 valence electrons. The van der Waals surface area contributed by atoms with E-state index in [0.717, 1.165) is 4.90 Å². The smallest absolute Gasteiger partial charge is 0.404 e. The Morgan fingerprint density at radius 2 is 1.80 bits per heavy atom. The van der Waals surface area contributed by atoms with Crippen LogP contribution in [0.1, 0.15) is 20.7 Å². The number of nitrogens with zero attached hydrogens (tertiary/aromatic N) is 1. The lowest BCUT2D eigenvalue weighted by Gasteiger charge is -2.15. The molecule has 1 aromatic carbocycles. The maximum Gasteiger partial charge on any atom is 0.404 e. The molecule has 7 heteroatoms. The fourth-order valence-electron chi connectivity index (χ4n) is 1.90. The second kappa shape index (κ2) is 5.52. The molecule has 0 radical (unpaired) electrons. The summed E-state index contributed by atoms with van der Waals surface area (Å²) in [5, 5.41) is 10.4. The standard InChI is InChI=1S/C13H11FN2O4/c14-5-8(6-15-13(19)20)7-16-11(17)9-3-1-2-4-10(9)12(16)18/h1-5,15H,6-7H2,(H,19,20). The lowest BCUT2D eigenvalue weighted by atomic mass is 10.1. The minimum atomic E-state index is -1.31. The average molecular weight is 278 g/mol. The van der Waals surface area contributed by atoms with E-state index in [2.05, 4.69) is 0 Å². The number of benzene rings is 1. The van der Waals surface area contributed by atoms with E-state index in [4.69, 9.17) is 5.11 Å². The number of nitrogens with one attached hydrogen (secondary N) is 1. The van der Waals surface area contributed by atoms with Gasteiger partial charge < -0.3 is 10.4 Å². The lowest BCUT2D eigenvalue weighted by molar-refractivity contribution is 0.0667. The Labute approximate surface area is 113 Å². The van der Waals surface area contributed by atoms with Gasteiger partial charge in [0.15, 0.2) is 0 Å². The number of hydrogen-bond donors (Lipinski definition) is 2. The fraction of sp³-hybridized carbons (Fsp3) is 0.154. The van der Waals surface area contributed by atoms with Gasteiger partial charge in [0.1, 0.15) is 0 Å². The summed E-state index contributed by atoms with van der Waals surface area (Å²) < 4.78 is 12.7. The van der Waals surface area contributed by atoms with Crippen molar-refractivity contribution in [1.82, 2.24) is 10.2 Å². The number of carboxylic acid groups (broad SMARTS) is 1. The predicted molar refractivity (Wildman–Crippen MR) is 67.0 cm³/mol. The highest BCUT2D eigenvalue weighted by Crippen LogP contribution is 2.23. The largest absolute Gasteiger partial charge is 0.465 e. The van der Waals surface area contributed by atoms with Gasteiger partial charge in [-0.1, -0.05) is 12.1 Å². The number of rotatable bonds is 4. The minimum absolute atomic E-state index is 0.0121. The van der Waals surface area contributed by atoms with E-state index in [1.165, 1.54) is 12.1 Å². The molecule has 1 aliphatic heterocycles. The molecule has 1 heterocycles. The zero-order valence-electron chi connectivity index (χ0n) is 10.3. The number of halogens is 1. The Bertz CT molecular complexity index is 577. The van der Waals surface area contributed by atoms with Crippen molar-refractivity contribution in [3.05, 3.63) is 47.3 Å². The van der Waals surface area contributed by atoms with E-state index in [1.807, 2.05) is 5.32 Å². The van der Waals surface area contributed by atoms with Crippen LogP contribution in [-0.4, -0.2) is 41.0 Å². The van der Waals surface area contributed by atoms with E-state index < -0.39 is 17.9 Å². The third-order valence-electron chi connectivity index (χ3n) is 2.86. The molecule has 2 rings (SSSR count). The van der Waals surface area contributed by atoms with Crippen molar-refractivity contribution in [2.75, 3.05) is 13.1 Å². The quantitative estimate of drug-likeness (QED) is 0.815. The van der Waals surface area contributed by atoms with Gasteiger partial charge >= 0.3 is 6.09 Å². The topological polar surface area (TPSA) is 86.7 Å². The Hall–Kier alpha value is -2.70. The zero-order valence-corrected chi connectivity index (χ0v) is 10.3. The van der Waals surface area contributed by atoms with E-state index in [0.29, 0.717) is 0 Å². The van der Waals surface area contributed by atoms with Gasteiger partial charge in [0.2, 0.25) is 0 Å². The van der Waals surface area contributed by atoms with E-state index in [-0.39, 0.29) is 36.1 Å². The van der Waals surface area contributed by atoms with Crippen LogP contribution >= 0.6 is 0 Å². The molecule has 0 fully saturated rings. The molecule has 1 aliphatic rings. The van der Waals surface area contributed by atoms with Crippen molar-refractivity contribution in [2.24, 2.45) is 0 Å². The molecule has 20 heavy (non-hydrogen) atoms. The lowest BCUT2D eigenvalue weighted by Crippen LogP contribution is -2.34. The second-order valence-electron chi connectivity index (χ2n) is 4.17. The highest BCUT2D eigenvalue weighted by atomic mass is 19.1. The van der Waals surface area contributed by atoms with Crippen LogP contribution in [0.2, 0.25) is 0 Å². The van der Waals surface area contributed by atoms with E-state index in [1.54, 1.807) is 12.1 Å². The van der Waals surface area contributed by atoms with Gasteiger partial charge in [-0.25, -0.2) is 9.18 Å². The summed E-state index contributed by atoms with van der Waals surface area (Å²) in [6, 6.07) is 6.30. The third kappa shape index (κ3) is 2.51. The summed E-state index contributed by atoms with van der Waals surface area (Å²) in [6.07, 6.45) is -1.12. The molecule has 3 amide bonds. The van der Waals surface area contributed by atoms with Gasteiger partial charge in [-0.05, 0) is 17.7 Å². The van der Waals surface area contributed by atoms with Crippen molar-refractivity contribution in [3.8, 4) is 0 Å². The van der Waals surface area contributed by atoms with Crippen LogP contribution in [0, 0.1) is 0 Å². The minimum Gasteiger partial charge on any atom is -0.465 e. The number of imide groups is 1. The predicted octanol–water partition coefficient (Wildman–Crippen LogP) is 1.40. The van der Waals surface area contributed by atoms with Gasteiger partial charge in [-0.3, -0.25) is 14.5 Å². The summed E-state index contributed by atoms with van der Waals surface area (Å²) in [4.78, 5) is 35.3. The summed E-state index contributed by atoms with van der Waals surface area (Å²) >= 11 is 0. The first-order chi connectivity index (χ1) is 9.54. The Morgan fingerprint density at radius 1 is 1.25 bits per heavy atom. The molecule has 0 saturated carbocycles. The number of amides is 3. The molecule has 0 aliphatic carbocycles. The molecule has 0 unspecified atom stereocenters. The summed E-state index contributed by atoms with van der Waals surface area (Å²) in [7, 11) is 0. The van der Waals surface area contributed by atoms with Crippen molar-refractivity contribution in [2.45, 2.75) is 0 Å². The Morgan fingerprint density at radius 3 is 2.25 bits per heavy atom. The van der Waals surface area contributed by atoms with Crippen molar-refractivity contribution < 1.29 is 23.9 Å². The van der Waals surface area contributed by atoms with E-state index in [9.17, 15) is 18.8 Å². The first kappa shape index (κ1) is 13.7. The van der Waals surface area contributed by atoms with Gasteiger partial charge in [0, 0.05) is 6.54 Å². The van der Waals surface area contributed by atoms with Gasteiger partial charge in [-0.2, -0.15) is 0 Å². The maximum atomic E-state index is 12.7. The van der Waals surface area contributed by atoms with Crippen LogP contribution in [-0.2, 0) is 0 Å². The molecule has 0 spiro atoms. The molecule has 0 aromatic heterocycles. The maximum absolute atomic E-state index is 12.7. The fourth-order valence-corrected chi connectivity index (χ4v) is 1.90. The molecule has 1 aromatic rings. The molecule has 6 nitrogen and oxygen atoms in total. The zero-order chi connectivity index (χ0) is 14.7. The van der Waals surface area contributed by atoms with Crippen LogP contribution in [0.5, 0.6) is 0 Å². The molecular weight excluding hydrogens is 267 g/mol. The number of fused-ring (bicyclic) bond motifs is 1. The highest BCUT2D eigenvalue weighted by Gasteiger charge is 2.35. The molecule has 0 bridgehead atoms. The molecule has 2 N–H and O–H groups in total. The van der Waals surface area contributed by atoms with Crippen LogP contribution in [0.3, 0.4) is 0 Å². The van der Waals surface area contributed by atoms with Gasteiger partial charge in [-0.15, -0.1) is 0 Å². The monoisotopic (exact) mass is 278 g/mol. The summed E-state index contributed by atoms with van der Waals surface area (Å²) in [5.74, 6) is -1.03. The summed E-state index contributed by atoms with van der Waals surface area (Å²) in [6.45, 7) is -0.581. The van der Waals surface area contributed by atoms with Gasteiger partial charge in [0.25, 0.3) is 11.8 Å². The first-order valence-electron chi connectivity index (χ1n) is 5.74. The Kier molecular flexibility index (Phi) is 3.79. The molecule has 0 atom stereocenters. The van der Waals surface area contributed by atoms with E-state index >= 15 is 0 Å². The first-order valence-corrected chi connectivity index (χ1v) is 5.74. The summed E-state index contributed by atoms with van der Waals surface area (Å²) in [5.41, 5.74) is 0.519. The molecular formula is C13H11FN2O4. The van der Waals surface area contributed by atoms with Gasteiger partial charge in [0.05, 0.1) is 24.0 Å². The molecule has 0 saturated heterocycles. The van der Waals surface area contributed by atoms with Crippen LogP contribution in [0.4, 0.5) is 9.18 Å². The number of carbonyl (C=O) groups is 3. The van der Waals surface area contributed by atoms with Crippen LogP contribution in [0.15, 0.2) is 36.2 Å². The second-order valence-corrected chi connectivity index (χ2v) is 4.17. The number of carbonyl (C=O) groups excluding carboxylic acids is 2. The highest BCUT2D eigenvalue weighted by molar-refractivity contribution is 6.21. The van der Waals surface area contributed by atoms with Crippen molar-refractivity contribution in [3.63, 3.8) is 0 Å². The number of hydrogen-bond acceptors (Lipinski definition) is 3. The van der Waals surface area contributed by atoms with Crippen molar-refractivity contribution in [1.29, 1.82) is 0 Å². The third-order valence-corrected chi connectivity index (χ3v) is 2.86. The normalized spacial score (nSPS) is 14.4.